The summed E-state index contributed by atoms with van der Waals surface area (Å²) in [6, 6.07) is 1.00. The molecular formula is C12H25ClN4. The van der Waals surface area contributed by atoms with Crippen LogP contribution in [-0.2, 0) is 0 Å². The highest BCUT2D eigenvalue weighted by Gasteiger charge is 2.37. The summed E-state index contributed by atoms with van der Waals surface area (Å²) < 4.78 is 0. The Morgan fingerprint density at radius 2 is 1.82 bits per heavy atom. The lowest BCUT2D eigenvalue weighted by atomic mass is 9.80. The fourth-order valence-corrected chi connectivity index (χ4v) is 3.57. The van der Waals surface area contributed by atoms with Crippen molar-refractivity contribution in [1.29, 1.82) is 0 Å². The molecule has 17 heavy (non-hydrogen) atoms. The molecule has 1 heterocycles. The first-order valence-corrected chi connectivity index (χ1v) is 7.06. The van der Waals surface area contributed by atoms with E-state index in [9.17, 15) is 0 Å². The second kappa shape index (κ2) is 5.85. The Morgan fingerprint density at radius 3 is 2.41 bits per heavy atom. The third kappa shape index (κ3) is 3.12. The van der Waals surface area contributed by atoms with E-state index < -0.39 is 0 Å². The van der Waals surface area contributed by atoms with Crippen LogP contribution in [0.2, 0.25) is 0 Å². The van der Waals surface area contributed by atoms with Crippen LogP contribution < -0.4 is 16.0 Å². The Bertz CT molecular complexity index is 243. The topological polar surface area (TPSA) is 39.3 Å². The average molecular weight is 261 g/mol. The molecule has 3 N–H and O–H groups in total. The minimum absolute atomic E-state index is 0.226. The van der Waals surface area contributed by atoms with E-state index >= 15 is 0 Å². The van der Waals surface area contributed by atoms with Gasteiger partial charge in [0.25, 0.3) is 0 Å². The lowest BCUT2D eigenvalue weighted by molar-refractivity contribution is 0.125. The summed E-state index contributed by atoms with van der Waals surface area (Å²) >= 11 is 6.49. The van der Waals surface area contributed by atoms with Crippen LogP contribution in [0.25, 0.3) is 0 Å². The van der Waals surface area contributed by atoms with E-state index in [0.29, 0.717) is 18.0 Å². The van der Waals surface area contributed by atoms with E-state index in [2.05, 4.69) is 41.9 Å². The fraction of sp³-hybridized carbons (Fsp3) is 1.00. The molecule has 0 radical (unpaired) electrons. The van der Waals surface area contributed by atoms with Crippen molar-refractivity contribution in [3.8, 4) is 0 Å². The Morgan fingerprint density at radius 1 is 1.18 bits per heavy atom. The van der Waals surface area contributed by atoms with Crippen molar-refractivity contribution < 1.29 is 0 Å². The first kappa shape index (κ1) is 13.6. The molecule has 5 heteroatoms. The van der Waals surface area contributed by atoms with Crippen LogP contribution in [0, 0.1) is 5.92 Å². The van der Waals surface area contributed by atoms with Gasteiger partial charge in [0, 0.05) is 30.6 Å². The van der Waals surface area contributed by atoms with E-state index in [0.717, 1.165) is 19.5 Å². The van der Waals surface area contributed by atoms with Crippen molar-refractivity contribution in [1.82, 2.24) is 20.9 Å². The number of rotatable bonds is 3. The molecule has 0 aromatic heterocycles. The summed E-state index contributed by atoms with van der Waals surface area (Å²) in [6.07, 6.45) is 2.52. The summed E-state index contributed by atoms with van der Waals surface area (Å²) in [4.78, 5) is 2.33. The van der Waals surface area contributed by atoms with E-state index in [4.69, 9.17) is 11.6 Å². The molecule has 0 spiro atoms. The van der Waals surface area contributed by atoms with E-state index in [1.165, 1.54) is 6.42 Å². The molecule has 0 aromatic rings. The molecule has 0 aromatic carbocycles. The molecule has 100 valence electrons. The largest absolute Gasteiger partial charge is 0.306 e. The van der Waals surface area contributed by atoms with Gasteiger partial charge in [-0.1, -0.05) is 6.92 Å². The van der Waals surface area contributed by atoms with Gasteiger partial charge in [-0.2, -0.15) is 0 Å². The Hall–Kier alpha value is 0.130. The Labute approximate surface area is 109 Å². The zero-order valence-corrected chi connectivity index (χ0v) is 11.8. The number of nitrogens with zero attached hydrogens (tertiary/aromatic N) is 1. The van der Waals surface area contributed by atoms with Gasteiger partial charge < -0.3 is 4.90 Å². The second-order valence-electron chi connectivity index (χ2n) is 5.52. The van der Waals surface area contributed by atoms with Gasteiger partial charge in [-0.15, -0.1) is 11.6 Å². The lowest BCUT2D eigenvalue weighted by Crippen LogP contribution is -2.60. The molecule has 0 bridgehead atoms. The fourth-order valence-electron chi connectivity index (χ4n) is 3.14. The molecule has 2 rings (SSSR count). The predicted molar refractivity (Wildman–Crippen MR) is 72.2 cm³/mol. The average Bonchev–Trinajstić information content (AvgIpc) is 2.76. The summed E-state index contributed by atoms with van der Waals surface area (Å²) in [5.41, 5.74) is 0. The van der Waals surface area contributed by atoms with Gasteiger partial charge in [-0.25, -0.2) is 0 Å². The van der Waals surface area contributed by atoms with E-state index in [-0.39, 0.29) is 11.7 Å². The van der Waals surface area contributed by atoms with Crippen molar-refractivity contribution in [2.24, 2.45) is 5.92 Å². The molecular weight excluding hydrogens is 236 g/mol. The van der Waals surface area contributed by atoms with Crippen molar-refractivity contribution in [3.63, 3.8) is 0 Å². The second-order valence-corrected chi connectivity index (χ2v) is 6.08. The minimum Gasteiger partial charge on any atom is -0.306 e. The van der Waals surface area contributed by atoms with Gasteiger partial charge in [-0.3, -0.25) is 16.0 Å². The summed E-state index contributed by atoms with van der Waals surface area (Å²) in [7, 11) is 4.33. The molecule has 1 saturated heterocycles. The predicted octanol–water partition coefficient (Wildman–Crippen LogP) is 0.389. The maximum absolute atomic E-state index is 6.49. The molecule has 2 aliphatic rings. The molecule has 1 aliphatic carbocycles. The first-order chi connectivity index (χ1) is 8.09. The monoisotopic (exact) mass is 260 g/mol. The Balaban J connectivity index is 1.96. The van der Waals surface area contributed by atoms with Gasteiger partial charge in [0.05, 0.1) is 0 Å². The van der Waals surface area contributed by atoms with Crippen LogP contribution in [0.1, 0.15) is 19.8 Å². The smallest absolute Gasteiger partial charge is 0.112 e. The lowest BCUT2D eigenvalue weighted by Gasteiger charge is -2.43. The molecule has 0 amide bonds. The molecule has 2 fully saturated rings. The van der Waals surface area contributed by atoms with Crippen LogP contribution >= 0.6 is 11.6 Å². The molecule has 1 saturated carbocycles. The number of hydrogen-bond donors (Lipinski definition) is 3. The van der Waals surface area contributed by atoms with Gasteiger partial charge in [0.1, 0.15) is 6.29 Å². The summed E-state index contributed by atoms with van der Waals surface area (Å²) in [5, 5.41) is 10.7. The third-order valence-corrected chi connectivity index (χ3v) is 4.64. The first-order valence-electron chi connectivity index (χ1n) is 6.63. The highest BCUT2D eigenvalue weighted by molar-refractivity contribution is 6.21. The number of hydrogen-bond acceptors (Lipinski definition) is 4. The van der Waals surface area contributed by atoms with Crippen molar-refractivity contribution in [2.45, 2.75) is 43.5 Å². The number of halogens is 1. The maximum Gasteiger partial charge on any atom is 0.112 e. The van der Waals surface area contributed by atoms with Gasteiger partial charge in [0.15, 0.2) is 0 Å². The van der Waals surface area contributed by atoms with Gasteiger partial charge >= 0.3 is 0 Å². The van der Waals surface area contributed by atoms with Gasteiger partial charge in [-0.05, 0) is 32.9 Å². The summed E-state index contributed by atoms with van der Waals surface area (Å²) in [6.45, 7) is 4.37. The van der Waals surface area contributed by atoms with Crippen LogP contribution in [0.5, 0.6) is 0 Å². The van der Waals surface area contributed by atoms with Crippen LogP contribution in [0.3, 0.4) is 0 Å². The molecule has 1 aliphatic heterocycles. The van der Waals surface area contributed by atoms with E-state index in [1.807, 2.05) is 0 Å². The third-order valence-electron chi connectivity index (χ3n) is 4.15. The van der Waals surface area contributed by atoms with Crippen LogP contribution in [0.4, 0.5) is 0 Å². The van der Waals surface area contributed by atoms with Crippen LogP contribution in [-0.4, -0.2) is 55.8 Å². The summed E-state index contributed by atoms with van der Waals surface area (Å²) in [5.74, 6) is 0.574. The van der Waals surface area contributed by atoms with Crippen molar-refractivity contribution in [3.05, 3.63) is 0 Å². The minimum atomic E-state index is 0.226. The highest BCUT2D eigenvalue weighted by Crippen LogP contribution is 2.31. The standard InChI is InChI=1S/C12H25ClN4/c1-8-10(17(2)3)5-4-9(13)11(8)16-12-14-6-7-15-12/h8-12,14-16H,4-7H2,1-3H3. The van der Waals surface area contributed by atoms with Gasteiger partial charge in [0.2, 0.25) is 0 Å². The number of nitrogens with one attached hydrogen (secondary N) is 3. The molecule has 4 atom stereocenters. The van der Waals surface area contributed by atoms with Crippen molar-refractivity contribution >= 4 is 11.6 Å². The Kier molecular flexibility index (Phi) is 4.66. The maximum atomic E-state index is 6.49. The zero-order valence-electron chi connectivity index (χ0n) is 11.0. The zero-order chi connectivity index (χ0) is 12.4. The van der Waals surface area contributed by atoms with Crippen molar-refractivity contribution in [2.75, 3.05) is 27.2 Å². The van der Waals surface area contributed by atoms with E-state index in [1.54, 1.807) is 0 Å². The number of alkyl halides is 1. The molecule has 4 unspecified atom stereocenters. The normalized spacial score (nSPS) is 40.1. The highest BCUT2D eigenvalue weighted by atomic mass is 35.5. The quantitative estimate of drug-likeness (QED) is 0.642. The SMILES string of the molecule is CC1C(NC2NCCN2)C(Cl)CCC1N(C)C. The van der Waals surface area contributed by atoms with Crippen LogP contribution in [0.15, 0.2) is 0 Å². The molecule has 4 nitrogen and oxygen atoms in total.